The summed E-state index contributed by atoms with van der Waals surface area (Å²) in [5.74, 6) is 0.990. The molecule has 7 heteroatoms. The Balaban J connectivity index is 1.84. The van der Waals surface area contributed by atoms with Gasteiger partial charge in [-0.25, -0.2) is 0 Å². The lowest BCUT2D eigenvalue weighted by Crippen LogP contribution is -2.36. The number of methoxy groups -OCH3 is 2. The summed E-state index contributed by atoms with van der Waals surface area (Å²) < 4.78 is 10.4. The Morgan fingerprint density at radius 3 is 2.68 bits per heavy atom. The molecule has 0 unspecified atom stereocenters. The lowest BCUT2D eigenvalue weighted by molar-refractivity contribution is 0.0732. The van der Waals surface area contributed by atoms with Crippen molar-refractivity contribution in [1.29, 1.82) is 0 Å². The van der Waals surface area contributed by atoms with Crippen LogP contribution in [-0.4, -0.2) is 41.8 Å². The Morgan fingerprint density at radius 1 is 1.18 bits per heavy atom. The molecule has 2 N–H and O–H groups in total. The van der Waals surface area contributed by atoms with Crippen LogP contribution in [0.2, 0.25) is 0 Å². The Morgan fingerprint density at radius 2 is 1.95 bits per heavy atom. The predicted molar refractivity (Wildman–Crippen MR) is 79.4 cm³/mol. The molecule has 3 rings (SSSR count). The third-order valence-corrected chi connectivity index (χ3v) is 3.86. The molecule has 1 aromatic carbocycles. The van der Waals surface area contributed by atoms with Crippen LogP contribution in [0, 0.1) is 0 Å². The standard InChI is InChI=1S/C15H17N3O4/c1-21-12-4-3-9(7-13(12)22-2)15(20)18-6-5-10-11(8-18)16-17-14(10)19/h3-4,7H,5-6,8H2,1-2H3,(H2,16,17,19). The summed E-state index contributed by atoms with van der Waals surface area (Å²) in [6.07, 6.45) is 0.549. The minimum absolute atomic E-state index is 0.103. The molecule has 0 saturated carbocycles. The summed E-state index contributed by atoms with van der Waals surface area (Å²) in [7, 11) is 3.08. The molecule has 0 spiro atoms. The molecule has 1 aliphatic heterocycles. The number of ether oxygens (including phenoxy) is 2. The number of benzene rings is 1. The zero-order chi connectivity index (χ0) is 15.7. The Hall–Kier alpha value is -2.70. The van der Waals surface area contributed by atoms with Gasteiger partial charge in [-0.15, -0.1) is 0 Å². The number of aromatic amines is 2. The number of carbonyl (C=O) groups is 1. The third kappa shape index (κ3) is 2.34. The molecule has 1 aromatic heterocycles. The maximum atomic E-state index is 12.6. The zero-order valence-electron chi connectivity index (χ0n) is 12.4. The highest BCUT2D eigenvalue weighted by atomic mass is 16.5. The van der Waals surface area contributed by atoms with E-state index in [0.717, 1.165) is 11.3 Å². The molecule has 1 aliphatic rings. The first-order valence-electron chi connectivity index (χ1n) is 6.93. The molecule has 0 fully saturated rings. The van der Waals surface area contributed by atoms with Crippen LogP contribution < -0.4 is 15.0 Å². The number of hydrogen-bond acceptors (Lipinski definition) is 4. The van der Waals surface area contributed by atoms with Crippen LogP contribution in [0.1, 0.15) is 21.6 Å². The Bertz CT molecular complexity index is 762. The van der Waals surface area contributed by atoms with Crippen molar-refractivity contribution in [3.63, 3.8) is 0 Å². The van der Waals surface area contributed by atoms with Crippen LogP contribution in [0.15, 0.2) is 23.0 Å². The lowest BCUT2D eigenvalue weighted by atomic mass is 10.1. The van der Waals surface area contributed by atoms with Crippen molar-refractivity contribution in [2.24, 2.45) is 0 Å². The molecule has 2 heterocycles. The highest BCUT2D eigenvalue weighted by Crippen LogP contribution is 2.28. The van der Waals surface area contributed by atoms with Gasteiger partial charge in [-0.1, -0.05) is 0 Å². The summed E-state index contributed by atoms with van der Waals surface area (Å²) in [4.78, 5) is 25.9. The maximum Gasteiger partial charge on any atom is 0.267 e. The van der Waals surface area contributed by atoms with Crippen molar-refractivity contribution >= 4 is 5.91 Å². The number of carbonyl (C=O) groups excluding carboxylic acids is 1. The van der Waals surface area contributed by atoms with Crippen molar-refractivity contribution in [3.8, 4) is 11.5 Å². The van der Waals surface area contributed by atoms with Crippen LogP contribution >= 0.6 is 0 Å². The second kappa shape index (κ2) is 5.59. The smallest absolute Gasteiger partial charge is 0.267 e. The number of nitrogens with zero attached hydrogens (tertiary/aromatic N) is 1. The van der Waals surface area contributed by atoms with Gasteiger partial charge in [-0.2, -0.15) is 0 Å². The van der Waals surface area contributed by atoms with Crippen molar-refractivity contribution in [3.05, 3.63) is 45.4 Å². The van der Waals surface area contributed by atoms with Gasteiger partial charge in [0.15, 0.2) is 11.5 Å². The number of nitrogens with one attached hydrogen (secondary N) is 2. The van der Waals surface area contributed by atoms with E-state index in [2.05, 4.69) is 10.2 Å². The average Bonchev–Trinajstić information content (AvgIpc) is 2.94. The van der Waals surface area contributed by atoms with E-state index in [0.29, 0.717) is 36.6 Å². The number of aromatic nitrogens is 2. The Labute approximate surface area is 126 Å². The van der Waals surface area contributed by atoms with Crippen molar-refractivity contribution in [2.75, 3.05) is 20.8 Å². The van der Waals surface area contributed by atoms with E-state index >= 15 is 0 Å². The van der Waals surface area contributed by atoms with Gasteiger partial charge < -0.3 is 19.5 Å². The minimum atomic E-state index is -0.104. The quantitative estimate of drug-likeness (QED) is 0.882. The topological polar surface area (TPSA) is 87.4 Å². The van der Waals surface area contributed by atoms with Crippen LogP contribution in [0.25, 0.3) is 0 Å². The minimum Gasteiger partial charge on any atom is -0.493 e. The number of H-pyrrole nitrogens is 2. The summed E-state index contributed by atoms with van der Waals surface area (Å²) >= 11 is 0. The molecular weight excluding hydrogens is 286 g/mol. The first kappa shape index (κ1) is 14.2. The zero-order valence-corrected chi connectivity index (χ0v) is 12.4. The fourth-order valence-electron chi connectivity index (χ4n) is 2.66. The van der Waals surface area contributed by atoms with Gasteiger partial charge in [-0.05, 0) is 24.6 Å². The summed E-state index contributed by atoms with van der Waals surface area (Å²) in [6.45, 7) is 0.905. The molecule has 0 aliphatic carbocycles. The average molecular weight is 303 g/mol. The molecule has 0 saturated heterocycles. The van der Waals surface area contributed by atoms with Gasteiger partial charge in [0.05, 0.1) is 26.5 Å². The molecule has 1 amide bonds. The van der Waals surface area contributed by atoms with Crippen LogP contribution in [0.5, 0.6) is 11.5 Å². The first-order valence-corrected chi connectivity index (χ1v) is 6.93. The molecule has 22 heavy (non-hydrogen) atoms. The molecule has 2 aromatic rings. The van der Waals surface area contributed by atoms with Gasteiger partial charge in [0.25, 0.3) is 11.5 Å². The number of rotatable bonds is 3. The summed E-state index contributed by atoms with van der Waals surface area (Å²) in [6, 6.07) is 5.08. The molecule has 0 atom stereocenters. The largest absolute Gasteiger partial charge is 0.493 e. The first-order chi connectivity index (χ1) is 10.6. The van der Waals surface area contributed by atoms with Crippen molar-refractivity contribution in [2.45, 2.75) is 13.0 Å². The summed E-state index contributed by atoms with van der Waals surface area (Å²) in [5.41, 5.74) is 1.92. The van der Waals surface area contributed by atoms with Gasteiger partial charge in [0.2, 0.25) is 0 Å². The molecule has 7 nitrogen and oxygen atoms in total. The predicted octanol–water partition coefficient (Wildman–Crippen LogP) is 0.919. The fraction of sp³-hybridized carbons (Fsp3) is 0.333. The Kier molecular flexibility index (Phi) is 3.62. The molecule has 116 valence electrons. The van der Waals surface area contributed by atoms with Crippen LogP contribution in [0.4, 0.5) is 0 Å². The van der Waals surface area contributed by atoms with Crippen molar-refractivity contribution in [1.82, 2.24) is 15.1 Å². The maximum absolute atomic E-state index is 12.6. The van der Waals surface area contributed by atoms with Gasteiger partial charge >= 0.3 is 0 Å². The van der Waals surface area contributed by atoms with Crippen LogP contribution in [0.3, 0.4) is 0 Å². The highest BCUT2D eigenvalue weighted by molar-refractivity contribution is 5.95. The molecule has 0 bridgehead atoms. The number of amides is 1. The normalized spacial score (nSPS) is 13.6. The van der Waals surface area contributed by atoms with Crippen molar-refractivity contribution < 1.29 is 14.3 Å². The van der Waals surface area contributed by atoms with E-state index in [1.807, 2.05) is 0 Å². The number of fused-ring (bicyclic) bond motifs is 1. The number of hydrogen-bond donors (Lipinski definition) is 2. The van der Waals surface area contributed by atoms with E-state index < -0.39 is 0 Å². The van der Waals surface area contributed by atoms with Gasteiger partial charge in [0, 0.05) is 17.7 Å². The second-order valence-electron chi connectivity index (χ2n) is 5.08. The third-order valence-electron chi connectivity index (χ3n) is 3.86. The van der Waals surface area contributed by atoms with E-state index in [4.69, 9.17) is 9.47 Å². The molecule has 0 radical (unpaired) electrons. The van der Waals surface area contributed by atoms with E-state index in [1.54, 1.807) is 30.2 Å². The van der Waals surface area contributed by atoms with Crippen LogP contribution in [-0.2, 0) is 13.0 Å². The summed E-state index contributed by atoms with van der Waals surface area (Å²) in [5, 5.41) is 5.38. The van der Waals surface area contributed by atoms with E-state index in [9.17, 15) is 9.59 Å². The van der Waals surface area contributed by atoms with Gasteiger partial charge in [0.1, 0.15) is 0 Å². The van der Waals surface area contributed by atoms with Gasteiger partial charge in [-0.3, -0.25) is 14.7 Å². The highest BCUT2D eigenvalue weighted by Gasteiger charge is 2.25. The lowest BCUT2D eigenvalue weighted by Gasteiger charge is -2.26. The SMILES string of the molecule is COc1ccc(C(=O)N2CCc3c([nH][nH]c3=O)C2)cc1OC. The molecular formula is C15H17N3O4. The second-order valence-corrected chi connectivity index (χ2v) is 5.08. The van der Waals surface area contributed by atoms with E-state index in [1.165, 1.54) is 7.11 Å². The van der Waals surface area contributed by atoms with E-state index in [-0.39, 0.29) is 11.5 Å². The monoisotopic (exact) mass is 303 g/mol. The fourth-order valence-corrected chi connectivity index (χ4v) is 2.66.